The zero-order valence-electron chi connectivity index (χ0n) is 9.51. The molecule has 1 fully saturated rings. The van der Waals surface area contributed by atoms with Crippen molar-refractivity contribution in [2.24, 2.45) is 13.0 Å². The number of hydrogen-bond acceptors (Lipinski definition) is 3. The molecule has 1 aromatic heterocycles. The van der Waals surface area contributed by atoms with E-state index in [1.54, 1.807) is 10.9 Å². The van der Waals surface area contributed by atoms with E-state index in [1.807, 2.05) is 14.0 Å². The van der Waals surface area contributed by atoms with Gasteiger partial charge in [-0.2, -0.15) is 5.10 Å². The first-order valence-corrected chi connectivity index (χ1v) is 5.40. The SMILES string of the molecule is Cc1cnn(C)c1COC1CC(C(=O)O)C1. The second-order valence-electron chi connectivity index (χ2n) is 4.34. The maximum atomic E-state index is 10.6. The van der Waals surface area contributed by atoms with Crippen LogP contribution >= 0.6 is 0 Å². The molecule has 16 heavy (non-hydrogen) atoms. The van der Waals surface area contributed by atoms with Gasteiger partial charge in [-0.3, -0.25) is 9.48 Å². The van der Waals surface area contributed by atoms with Crippen LogP contribution in [0.3, 0.4) is 0 Å². The zero-order valence-corrected chi connectivity index (χ0v) is 9.51. The van der Waals surface area contributed by atoms with Gasteiger partial charge in [0.05, 0.1) is 30.5 Å². The lowest BCUT2D eigenvalue weighted by atomic mass is 9.82. The summed E-state index contributed by atoms with van der Waals surface area (Å²) in [5.74, 6) is -0.922. The van der Waals surface area contributed by atoms with Crippen LogP contribution in [0.4, 0.5) is 0 Å². The first-order chi connectivity index (χ1) is 7.58. The van der Waals surface area contributed by atoms with Gasteiger partial charge in [0.15, 0.2) is 0 Å². The van der Waals surface area contributed by atoms with Crippen molar-refractivity contribution in [2.75, 3.05) is 0 Å². The lowest BCUT2D eigenvalue weighted by Gasteiger charge is -2.32. The topological polar surface area (TPSA) is 64.4 Å². The van der Waals surface area contributed by atoms with Gasteiger partial charge in [-0.05, 0) is 25.3 Å². The van der Waals surface area contributed by atoms with Crippen molar-refractivity contribution in [1.29, 1.82) is 0 Å². The maximum Gasteiger partial charge on any atom is 0.306 e. The van der Waals surface area contributed by atoms with Crippen molar-refractivity contribution < 1.29 is 14.6 Å². The van der Waals surface area contributed by atoms with Gasteiger partial charge < -0.3 is 9.84 Å². The number of aliphatic carboxylic acids is 1. The molecule has 0 atom stereocenters. The molecule has 0 unspecified atom stereocenters. The average molecular weight is 224 g/mol. The summed E-state index contributed by atoms with van der Waals surface area (Å²) < 4.78 is 7.43. The van der Waals surface area contributed by atoms with Crippen molar-refractivity contribution in [3.05, 3.63) is 17.5 Å². The molecule has 1 aliphatic carbocycles. The molecule has 0 spiro atoms. The number of hydrogen-bond donors (Lipinski definition) is 1. The van der Waals surface area contributed by atoms with Crippen LogP contribution in [0.1, 0.15) is 24.1 Å². The van der Waals surface area contributed by atoms with Crippen LogP contribution in [-0.2, 0) is 23.2 Å². The van der Waals surface area contributed by atoms with Crippen molar-refractivity contribution in [3.8, 4) is 0 Å². The van der Waals surface area contributed by atoms with Crippen LogP contribution in [0.2, 0.25) is 0 Å². The highest BCUT2D eigenvalue weighted by Crippen LogP contribution is 2.30. The third kappa shape index (κ3) is 2.09. The predicted molar refractivity (Wildman–Crippen MR) is 56.9 cm³/mol. The van der Waals surface area contributed by atoms with Crippen LogP contribution in [-0.4, -0.2) is 27.0 Å². The van der Waals surface area contributed by atoms with Crippen molar-refractivity contribution in [3.63, 3.8) is 0 Å². The smallest absolute Gasteiger partial charge is 0.306 e. The lowest BCUT2D eigenvalue weighted by molar-refractivity contribution is -0.151. The van der Waals surface area contributed by atoms with Crippen LogP contribution in [0, 0.1) is 12.8 Å². The summed E-state index contributed by atoms with van der Waals surface area (Å²) in [6, 6.07) is 0. The Bertz CT molecular complexity index is 374. The summed E-state index contributed by atoms with van der Waals surface area (Å²) in [6.45, 7) is 2.51. The minimum atomic E-state index is -0.712. The monoisotopic (exact) mass is 224 g/mol. The summed E-state index contributed by atoms with van der Waals surface area (Å²) in [5.41, 5.74) is 2.16. The number of carboxylic acids is 1. The summed E-state index contributed by atoms with van der Waals surface area (Å²) >= 11 is 0. The molecule has 5 nitrogen and oxygen atoms in total. The minimum Gasteiger partial charge on any atom is -0.481 e. The second kappa shape index (κ2) is 4.25. The third-order valence-corrected chi connectivity index (χ3v) is 3.17. The maximum absolute atomic E-state index is 10.6. The molecule has 0 aliphatic heterocycles. The Balaban J connectivity index is 1.80. The fraction of sp³-hybridized carbons (Fsp3) is 0.636. The van der Waals surface area contributed by atoms with Gasteiger partial charge in [-0.1, -0.05) is 0 Å². The zero-order chi connectivity index (χ0) is 11.7. The molecule has 2 rings (SSSR count). The van der Waals surface area contributed by atoms with Gasteiger partial charge in [0.2, 0.25) is 0 Å². The molecule has 1 heterocycles. The highest BCUT2D eigenvalue weighted by Gasteiger charge is 2.35. The molecule has 1 aliphatic rings. The molecule has 5 heteroatoms. The highest BCUT2D eigenvalue weighted by atomic mass is 16.5. The van der Waals surface area contributed by atoms with Gasteiger partial charge in [0.25, 0.3) is 0 Å². The van der Waals surface area contributed by atoms with E-state index >= 15 is 0 Å². The summed E-state index contributed by atoms with van der Waals surface area (Å²) in [7, 11) is 1.88. The van der Waals surface area contributed by atoms with Gasteiger partial charge in [-0.15, -0.1) is 0 Å². The molecule has 0 saturated heterocycles. The molecule has 0 amide bonds. The van der Waals surface area contributed by atoms with E-state index in [-0.39, 0.29) is 12.0 Å². The van der Waals surface area contributed by atoms with Gasteiger partial charge in [-0.25, -0.2) is 0 Å². The Morgan fingerprint density at radius 2 is 2.38 bits per heavy atom. The molecule has 1 aromatic rings. The summed E-state index contributed by atoms with van der Waals surface area (Å²) in [5, 5.41) is 12.8. The van der Waals surface area contributed by atoms with Crippen LogP contribution in [0.15, 0.2) is 6.20 Å². The molecular formula is C11H16N2O3. The Morgan fingerprint density at radius 1 is 1.69 bits per heavy atom. The second-order valence-corrected chi connectivity index (χ2v) is 4.34. The van der Waals surface area contributed by atoms with E-state index in [2.05, 4.69) is 5.10 Å². The highest BCUT2D eigenvalue weighted by molar-refractivity contribution is 5.71. The number of carbonyl (C=O) groups is 1. The Hall–Kier alpha value is -1.36. The molecule has 1 N–H and O–H groups in total. The molecule has 1 saturated carbocycles. The predicted octanol–water partition coefficient (Wildman–Crippen LogP) is 1.11. The minimum absolute atomic E-state index is 0.0930. The molecule has 88 valence electrons. The fourth-order valence-electron chi connectivity index (χ4n) is 1.88. The average Bonchev–Trinajstić information content (AvgIpc) is 2.45. The number of rotatable bonds is 4. The van der Waals surface area contributed by atoms with E-state index in [1.165, 1.54) is 0 Å². The normalized spacial score (nSPS) is 24.1. The van der Waals surface area contributed by atoms with Crippen molar-refractivity contribution in [1.82, 2.24) is 9.78 Å². The van der Waals surface area contributed by atoms with E-state index in [0.717, 1.165) is 11.3 Å². The number of aryl methyl sites for hydroxylation is 2. The first-order valence-electron chi connectivity index (χ1n) is 5.40. The summed E-state index contributed by atoms with van der Waals surface area (Å²) in [6.07, 6.45) is 3.16. The van der Waals surface area contributed by atoms with Crippen LogP contribution < -0.4 is 0 Å². The van der Waals surface area contributed by atoms with E-state index in [0.29, 0.717) is 19.4 Å². The summed E-state index contributed by atoms with van der Waals surface area (Å²) in [4.78, 5) is 10.6. The van der Waals surface area contributed by atoms with E-state index in [4.69, 9.17) is 9.84 Å². The van der Waals surface area contributed by atoms with Gasteiger partial charge in [0, 0.05) is 7.05 Å². The number of carboxylic acid groups (broad SMARTS) is 1. The van der Waals surface area contributed by atoms with E-state index in [9.17, 15) is 4.79 Å². The van der Waals surface area contributed by atoms with Gasteiger partial charge in [0.1, 0.15) is 0 Å². The largest absolute Gasteiger partial charge is 0.481 e. The number of ether oxygens (including phenoxy) is 1. The van der Waals surface area contributed by atoms with Crippen molar-refractivity contribution in [2.45, 2.75) is 32.5 Å². The number of nitrogens with zero attached hydrogens (tertiary/aromatic N) is 2. The lowest BCUT2D eigenvalue weighted by Crippen LogP contribution is -2.36. The van der Waals surface area contributed by atoms with Crippen LogP contribution in [0.25, 0.3) is 0 Å². The van der Waals surface area contributed by atoms with Crippen LogP contribution in [0.5, 0.6) is 0 Å². The fourth-order valence-corrected chi connectivity index (χ4v) is 1.88. The molecule has 0 aromatic carbocycles. The van der Waals surface area contributed by atoms with Crippen molar-refractivity contribution >= 4 is 5.97 Å². The number of aromatic nitrogens is 2. The Kier molecular flexibility index (Phi) is 2.96. The van der Waals surface area contributed by atoms with E-state index < -0.39 is 5.97 Å². The molecule has 0 radical (unpaired) electrons. The quantitative estimate of drug-likeness (QED) is 0.832. The molecule has 0 bridgehead atoms. The molecular weight excluding hydrogens is 208 g/mol. The van der Waals surface area contributed by atoms with Gasteiger partial charge >= 0.3 is 5.97 Å². The Labute approximate surface area is 94.0 Å². The standard InChI is InChI=1S/C11H16N2O3/c1-7-5-12-13(2)10(7)6-16-9-3-8(4-9)11(14)15/h5,8-9H,3-4,6H2,1-2H3,(H,14,15). The Morgan fingerprint density at radius 3 is 2.88 bits per heavy atom. The first kappa shape index (κ1) is 11.1. The third-order valence-electron chi connectivity index (χ3n) is 3.17.